The van der Waals surface area contributed by atoms with Crippen LogP contribution in [0.5, 0.6) is 0 Å². The number of hydrogen-bond donors (Lipinski definition) is 1. The maximum absolute atomic E-state index is 13.6. The van der Waals surface area contributed by atoms with E-state index in [4.69, 9.17) is 11.6 Å². The van der Waals surface area contributed by atoms with Gasteiger partial charge in [-0.1, -0.05) is 43.0 Å². The molecule has 0 radical (unpaired) electrons. The number of aryl methyl sites for hydroxylation is 1. The molecule has 2 amide bonds. The molecule has 1 N–H and O–H groups in total. The van der Waals surface area contributed by atoms with Crippen molar-refractivity contribution in [1.82, 2.24) is 9.55 Å². The van der Waals surface area contributed by atoms with Gasteiger partial charge in [-0.2, -0.15) is 0 Å². The normalized spacial score (nSPS) is 14.3. The highest BCUT2D eigenvalue weighted by Crippen LogP contribution is 2.26. The summed E-state index contributed by atoms with van der Waals surface area (Å²) in [4.78, 5) is 45.2. The Hall–Kier alpha value is -3.19. The Morgan fingerprint density at radius 1 is 1.15 bits per heavy atom. The van der Waals surface area contributed by atoms with Gasteiger partial charge in [-0.3, -0.25) is 23.9 Å². The highest BCUT2D eigenvalue weighted by Gasteiger charge is 2.29. The van der Waals surface area contributed by atoms with Crippen LogP contribution in [0.2, 0.25) is 5.02 Å². The van der Waals surface area contributed by atoms with Crippen LogP contribution in [0.4, 0.5) is 11.5 Å². The van der Waals surface area contributed by atoms with E-state index >= 15 is 0 Å². The summed E-state index contributed by atoms with van der Waals surface area (Å²) in [6.07, 6.45) is 4.83. The fourth-order valence-electron chi connectivity index (χ4n) is 4.51. The van der Waals surface area contributed by atoms with Crippen LogP contribution in [0.3, 0.4) is 0 Å². The summed E-state index contributed by atoms with van der Waals surface area (Å²) in [5.74, 6) is -0.477. The molecule has 0 unspecified atom stereocenters. The molecule has 1 fully saturated rings. The Kier molecular flexibility index (Phi) is 6.79. The molecule has 33 heavy (non-hydrogen) atoms. The van der Waals surface area contributed by atoms with E-state index < -0.39 is 5.56 Å². The number of halogens is 1. The number of carbonyl (C=O) groups excluding carboxylic acids is 2. The predicted molar refractivity (Wildman–Crippen MR) is 131 cm³/mol. The number of amides is 2. The van der Waals surface area contributed by atoms with Gasteiger partial charge in [0.1, 0.15) is 6.54 Å². The van der Waals surface area contributed by atoms with Crippen molar-refractivity contribution in [1.29, 1.82) is 0 Å². The van der Waals surface area contributed by atoms with E-state index in [2.05, 4.69) is 10.3 Å². The quantitative estimate of drug-likeness (QED) is 0.591. The summed E-state index contributed by atoms with van der Waals surface area (Å²) >= 11 is 6.01. The number of anilines is 2. The van der Waals surface area contributed by atoms with Crippen molar-refractivity contribution in [2.75, 3.05) is 10.2 Å². The molecule has 0 aliphatic heterocycles. The van der Waals surface area contributed by atoms with E-state index in [1.165, 1.54) is 16.4 Å². The second-order valence-electron chi connectivity index (χ2n) is 8.50. The van der Waals surface area contributed by atoms with Crippen molar-refractivity contribution in [2.45, 2.75) is 58.5 Å². The van der Waals surface area contributed by atoms with Crippen LogP contribution in [0, 0.1) is 6.92 Å². The second-order valence-corrected chi connectivity index (χ2v) is 8.94. The smallest absolute Gasteiger partial charge is 0.294 e. The molecule has 1 aliphatic carbocycles. The standard InChI is InChI=1S/C25H27ClN4O3/c1-16-14-18(26)12-13-20(16)27-23(32)15-29-22-11-7-6-10-21(22)28-24(25(29)33)30(17(2)31)19-8-4-3-5-9-19/h6-7,10-14,19H,3-5,8-9,15H2,1-2H3,(H,27,32). The lowest BCUT2D eigenvalue weighted by Crippen LogP contribution is -2.45. The van der Waals surface area contributed by atoms with Crippen LogP contribution in [0.25, 0.3) is 11.0 Å². The van der Waals surface area contributed by atoms with Gasteiger partial charge in [0.05, 0.1) is 11.0 Å². The molecule has 1 aromatic heterocycles. The van der Waals surface area contributed by atoms with Crippen molar-refractivity contribution >= 4 is 46.0 Å². The highest BCUT2D eigenvalue weighted by atomic mass is 35.5. The number of carbonyl (C=O) groups is 2. The van der Waals surface area contributed by atoms with Gasteiger partial charge >= 0.3 is 0 Å². The maximum Gasteiger partial charge on any atom is 0.294 e. The molecule has 0 spiro atoms. The van der Waals surface area contributed by atoms with Gasteiger partial charge in [0.15, 0.2) is 0 Å². The molecular formula is C25H27ClN4O3. The first-order valence-electron chi connectivity index (χ1n) is 11.2. The van der Waals surface area contributed by atoms with Crippen LogP contribution in [-0.2, 0) is 16.1 Å². The zero-order valence-electron chi connectivity index (χ0n) is 18.8. The molecular weight excluding hydrogens is 440 g/mol. The third-order valence-electron chi connectivity index (χ3n) is 6.11. The Balaban J connectivity index is 1.74. The number of benzene rings is 2. The van der Waals surface area contributed by atoms with Gasteiger partial charge < -0.3 is 5.32 Å². The first-order valence-corrected chi connectivity index (χ1v) is 11.6. The van der Waals surface area contributed by atoms with E-state index in [1.807, 2.05) is 13.0 Å². The summed E-state index contributed by atoms with van der Waals surface area (Å²) in [7, 11) is 0. The lowest BCUT2D eigenvalue weighted by atomic mass is 9.94. The van der Waals surface area contributed by atoms with Gasteiger partial charge in [-0.05, 0) is 55.7 Å². The summed E-state index contributed by atoms with van der Waals surface area (Å²) < 4.78 is 1.40. The molecule has 8 heteroatoms. The van der Waals surface area contributed by atoms with Crippen molar-refractivity contribution in [3.8, 4) is 0 Å². The van der Waals surface area contributed by atoms with E-state index in [0.717, 1.165) is 37.7 Å². The lowest BCUT2D eigenvalue weighted by Gasteiger charge is -2.32. The number of rotatable bonds is 5. The van der Waals surface area contributed by atoms with Gasteiger partial charge in [-0.25, -0.2) is 4.98 Å². The Labute approximate surface area is 197 Å². The molecule has 1 heterocycles. The first kappa shape index (κ1) is 23.0. The van der Waals surface area contributed by atoms with Gasteiger partial charge in [0.2, 0.25) is 17.6 Å². The average Bonchev–Trinajstić information content (AvgIpc) is 2.79. The molecule has 0 saturated heterocycles. The van der Waals surface area contributed by atoms with Gasteiger partial charge in [0.25, 0.3) is 5.56 Å². The molecule has 4 rings (SSSR count). The molecule has 7 nitrogen and oxygen atoms in total. The monoisotopic (exact) mass is 466 g/mol. The fourth-order valence-corrected chi connectivity index (χ4v) is 4.74. The summed E-state index contributed by atoms with van der Waals surface area (Å²) in [6.45, 7) is 3.11. The highest BCUT2D eigenvalue weighted by molar-refractivity contribution is 6.30. The number of nitrogens with one attached hydrogen (secondary N) is 1. The molecule has 1 aliphatic rings. The summed E-state index contributed by atoms with van der Waals surface area (Å²) in [5, 5.41) is 3.44. The Morgan fingerprint density at radius 3 is 2.58 bits per heavy atom. The molecule has 2 aromatic carbocycles. The minimum absolute atomic E-state index is 0.0587. The van der Waals surface area contributed by atoms with Crippen LogP contribution in [0.1, 0.15) is 44.6 Å². The lowest BCUT2D eigenvalue weighted by molar-refractivity contribution is -0.117. The number of fused-ring (bicyclic) bond motifs is 1. The van der Waals surface area contributed by atoms with Gasteiger partial charge in [0, 0.05) is 23.7 Å². The number of para-hydroxylation sites is 2. The predicted octanol–water partition coefficient (Wildman–Crippen LogP) is 4.68. The van der Waals surface area contributed by atoms with Crippen LogP contribution in [0.15, 0.2) is 47.3 Å². The second kappa shape index (κ2) is 9.75. The largest absolute Gasteiger partial charge is 0.324 e. The minimum atomic E-state index is -0.447. The SMILES string of the molecule is CC(=O)N(c1nc2ccccc2n(CC(=O)Nc2ccc(Cl)cc2C)c1=O)C1CCCCC1. The third-order valence-corrected chi connectivity index (χ3v) is 6.34. The molecule has 1 saturated carbocycles. The number of hydrogen-bond acceptors (Lipinski definition) is 4. The van der Waals surface area contributed by atoms with E-state index in [9.17, 15) is 14.4 Å². The van der Waals surface area contributed by atoms with Crippen molar-refractivity contribution in [3.05, 3.63) is 63.4 Å². The Bertz CT molecular complexity index is 1260. The van der Waals surface area contributed by atoms with Crippen LogP contribution < -0.4 is 15.8 Å². The van der Waals surface area contributed by atoms with Crippen LogP contribution in [-0.4, -0.2) is 27.4 Å². The third kappa shape index (κ3) is 4.93. The molecule has 172 valence electrons. The topological polar surface area (TPSA) is 84.3 Å². The van der Waals surface area contributed by atoms with Crippen molar-refractivity contribution in [3.63, 3.8) is 0 Å². The zero-order valence-corrected chi connectivity index (χ0v) is 19.6. The van der Waals surface area contributed by atoms with E-state index in [-0.39, 0.29) is 30.2 Å². The zero-order chi connectivity index (χ0) is 23.5. The molecule has 3 aromatic rings. The van der Waals surface area contributed by atoms with Crippen molar-refractivity contribution < 1.29 is 9.59 Å². The van der Waals surface area contributed by atoms with E-state index in [0.29, 0.717) is 21.7 Å². The average molecular weight is 467 g/mol. The van der Waals surface area contributed by atoms with Crippen molar-refractivity contribution in [2.24, 2.45) is 0 Å². The number of aromatic nitrogens is 2. The fraction of sp³-hybridized carbons (Fsp3) is 0.360. The minimum Gasteiger partial charge on any atom is -0.324 e. The number of nitrogens with zero attached hydrogens (tertiary/aromatic N) is 3. The summed E-state index contributed by atoms with van der Waals surface area (Å²) in [5.41, 5.74) is 2.11. The van der Waals surface area contributed by atoms with Gasteiger partial charge in [-0.15, -0.1) is 0 Å². The molecule has 0 atom stereocenters. The van der Waals surface area contributed by atoms with E-state index in [1.54, 1.807) is 36.4 Å². The molecule has 0 bridgehead atoms. The Morgan fingerprint density at radius 2 is 1.88 bits per heavy atom. The summed E-state index contributed by atoms with van der Waals surface area (Å²) in [6, 6.07) is 12.3. The maximum atomic E-state index is 13.6. The first-order chi connectivity index (χ1) is 15.8. The van der Waals surface area contributed by atoms with Crippen LogP contribution >= 0.6 is 11.6 Å².